The van der Waals surface area contributed by atoms with Crippen LogP contribution in [0.5, 0.6) is 0 Å². The zero-order valence-corrected chi connectivity index (χ0v) is 18.4. The molecule has 0 radical (unpaired) electrons. The Hall–Kier alpha value is -2.40. The second-order valence-electron chi connectivity index (χ2n) is 8.47. The van der Waals surface area contributed by atoms with Gasteiger partial charge in [0.2, 0.25) is 11.8 Å². The monoisotopic (exact) mass is 408 g/mol. The van der Waals surface area contributed by atoms with Gasteiger partial charge in [-0.2, -0.15) is 0 Å². The van der Waals surface area contributed by atoms with Gasteiger partial charge in [0.15, 0.2) is 0 Å². The topological polar surface area (TPSA) is 45.6 Å². The predicted octanol–water partition coefficient (Wildman–Crippen LogP) is 4.21. The molecule has 160 valence electrons. The molecule has 30 heavy (non-hydrogen) atoms. The normalized spacial score (nSPS) is 21.2. The van der Waals surface area contributed by atoms with Crippen molar-refractivity contribution >= 4 is 28.3 Å². The van der Waals surface area contributed by atoms with Gasteiger partial charge in [-0.25, -0.2) is 0 Å². The number of unbranched alkanes of at least 4 members (excludes halogenated alkanes) is 1. The lowest BCUT2D eigenvalue weighted by Crippen LogP contribution is -2.47. The number of hydrogen-bond acceptors (Lipinski definition) is 3. The summed E-state index contributed by atoms with van der Waals surface area (Å²) in [6, 6.07) is 6.41. The van der Waals surface area contributed by atoms with E-state index in [4.69, 9.17) is 1.37 Å². The van der Waals surface area contributed by atoms with E-state index in [1.807, 2.05) is 41.6 Å². The number of benzene rings is 1. The van der Waals surface area contributed by atoms with Gasteiger partial charge in [-0.1, -0.05) is 31.5 Å². The third-order valence-electron chi connectivity index (χ3n) is 6.69. The molecule has 1 aliphatic carbocycles. The van der Waals surface area contributed by atoms with Crippen LogP contribution in [-0.4, -0.2) is 58.9 Å². The fourth-order valence-electron chi connectivity index (χ4n) is 5.08. The Morgan fingerprint density at radius 3 is 2.80 bits per heavy atom. The molecule has 1 amide bonds. The number of hydrogen-bond donors (Lipinski definition) is 0. The maximum absolute atomic E-state index is 13.1. The summed E-state index contributed by atoms with van der Waals surface area (Å²) in [6.07, 6.45) is 7.05. The van der Waals surface area contributed by atoms with Crippen LogP contribution in [0.15, 0.2) is 30.5 Å². The minimum atomic E-state index is -0.137. The highest BCUT2D eigenvalue weighted by Crippen LogP contribution is 2.42. The third kappa shape index (κ3) is 3.39. The predicted molar refractivity (Wildman–Crippen MR) is 122 cm³/mol. The molecule has 1 aromatic carbocycles. The molecule has 0 N–H and O–H groups in total. The quantitative estimate of drug-likeness (QED) is 0.673. The van der Waals surface area contributed by atoms with E-state index in [0.29, 0.717) is 13.3 Å². The SMILES string of the molecule is [2H]CCCCC(=O)n1cc2c3c(cccc31)C1=C[C@@H](C(=O)N(CC)CC)CN(C)[C@@H]1C2. The standard InChI is InChI=1S/C25H33N3O2/c1-5-8-12-23(29)28-16-17-14-22-20(19-10-9-11-21(28)24(17)19)13-18(15-26(22)4)25(30)27(6-2)7-3/h9-11,13,16,18,22H,5-8,12,14-15H2,1-4H3/t18-,22-/m1/s1/i1D. The molecule has 0 saturated heterocycles. The molecule has 5 heteroatoms. The van der Waals surface area contributed by atoms with Crippen molar-refractivity contribution in [1.29, 1.82) is 0 Å². The van der Waals surface area contributed by atoms with Crippen molar-refractivity contribution in [3.8, 4) is 0 Å². The van der Waals surface area contributed by atoms with E-state index in [0.717, 1.165) is 55.4 Å². The number of carbonyl (C=O) groups excluding carboxylic acids is 2. The molecule has 2 aromatic rings. The van der Waals surface area contributed by atoms with Gasteiger partial charge in [-0.15, -0.1) is 0 Å². The van der Waals surface area contributed by atoms with Crippen LogP contribution in [0.1, 0.15) is 57.3 Å². The van der Waals surface area contributed by atoms with Crippen LogP contribution >= 0.6 is 0 Å². The van der Waals surface area contributed by atoms with E-state index in [2.05, 4.69) is 24.1 Å². The van der Waals surface area contributed by atoms with Gasteiger partial charge < -0.3 is 4.90 Å². The molecule has 0 spiro atoms. The van der Waals surface area contributed by atoms with Gasteiger partial charge in [-0.3, -0.25) is 19.1 Å². The molecule has 5 nitrogen and oxygen atoms in total. The van der Waals surface area contributed by atoms with Crippen LogP contribution < -0.4 is 0 Å². The van der Waals surface area contributed by atoms with Crippen LogP contribution in [0, 0.1) is 5.92 Å². The fourth-order valence-corrected chi connectivity index (χ4v) is 5.08. The maximum atomic E-state index is 13.1. The Labute approximate surface area is 180 Å². The van der Waals surface area contributed by atoms with Gasteiger partial charge in [0, 0.05) is 45.1 Å². The van der Waals surface area contributed by atoms with Crippen molar-refractivity contribution in [3.05, 3.63) is 41.6 Å². The summed E-state index contributed by atoms with van der Waals surface area (Å²) in [5, 5.41) is 1.16. The molecule has 1 aromatic heterocycles. The van der Waals surface area contributed by atoms with Gasteiger partial charge in [0.25, 0.3) is 0 Å². The Morgan fingerprint density at radius 2 is 2.07 bits per heavy atom. The molecule has 0 unspecified atom stereocenters. The lowest BCUT2D eigenvalue weighted by molar-refractivity contribution is -0.134. The van der Waals surface area contributed by atoms with Crippen molar-refractivity contribution in [2.75, 3.05) is 26.7 Å². The highest BCUT2D eigenvalue weighted by atomic mass is 16.2. The van der Waals surface area contributed by atoms with Crippen LogP contribution in [0.4, 0.5) is 0 Å². The van der Waals surface area contributed by atoms with Crippen molar-refractivity contribution in [3.63, 3.8) is 0 Å². The van der Waals surface area contributed by atoms with Gasteiger partial charge in [0.05, 0.1) is 11.4 Å². The highest BCUT2D eigenvalue weighted by Gasteiger charge is 2.37. The smallest absolute Gasteiger partial charge is 0.231 e. The van der Waals surface area contributed by atoms with Crippen LogP contribution in [0.3, 0.4) is 0 Å². The van der Waals surface area contributed by atoms with Crippen LogP contribution in [-0.2, 0) is 11.2 Å². The number of carbonyl (C=O) groups is 2. The molecule has 4 rings (SSSR count). The van der Waals surface area contributed by atoms with Gasteiger partial charge in [0.1, 0.15) is 0 Å². The zero-order valence-electron chi connectivity index (χ0n) is 19.4. The minimum Gasteiger partial charge on any atom is -0.343 e. The third-order valence-corrected chi connectivity index (χ3v) is 6.69. The van der Waals surface area contributed by atoms with Gasteiger partial charge >= 0.3 is 0 Å². The summed E-state index contributed by atoms with van der Waals surface area (Å²) in [5.41, 5.74) is 4.55. The number of rotatable bonds is 6. The molecular formula is C25H33N3O2. The first-order valence-electron chi connectivity index (χ1n) is 11.9. The molecule has 2 aliphatic rings. The summed E-state index contributed by atoms with van der Waals surface area (Å²) in [5.74, 6) is 0.160. The number of aromatic nitrogens is 1. The number of likely N-dealkylation sites (N-methyl/N-ethyl adjacent to an activating group) is 1. The molecule has 2 heterocycles. The summed E-state index contributed by atoms with van der Waals surface area (Å²) in [6.45, 7) is 6.61. The summed E-state index contributed by atoms with van der Waals surface area (Å²) >= 11 is 0. The minimum absolute atomic E-state index is 0.101. The Bertz CT molecular complexity index is 1020. The second kappa shape index (κ2) is 8.38. The average molecular weight is 409 g/mol. The lowest BCUT2D eigenvalue weighted by atomic mass is 9.79. The summed E-state index contributed by atoms with van der Waals surface area (Å²) < 4.78 is 9.12. The Kier molecular flexibility index (Phi) is 5.47. The summed E-state index contributed by atoms with van der Waals surface area (Å²) in [4.78, 5) is 30.2. The van der Waals surface area contributed by atoms with Crippen molar-refractivity contribution in [1.82, 2.24) is 14.4 Å². The molecule has 2 atom stereocenters. The maximum Gasteiger partial charge on any atom is 0.231 e. The number of nitrogens with zero attached hydrogens (tertiary/aromatic N) is 3. The largest absolute Gasteiger partial charge is 0.343 e. The molecular weight excluding hydrogens is 374 g/mol. The van der Waals surface area contributed by atoms with E-state index >= 15 is 0 Å². The molecule has 0 saturated carbocycles. The van der Waals surface area contributed by atoms with Crippen LogP contribution in [0.25, 0.3) is 16.5 Å². The first kappa shape index (κ1) is 19.6. The second-order valence-corrected chi connectivity index (χ2v) is 8.47. The number of amides is 1. The van der Waals surface area contributed by atoms with E-state index in [9.17, 15) is 9.59 Å². The van der Waals surface area contributed by atoms with Crippen molar-refractivity contribution in [2.45, 2.75) is 52.5 Å². The van der Waals surface area contributed by atoms with E-state index < -0.39 is 0 Å². The fraction of sp³-hybridized carbons (Fsp3) is 0.520. The van der Waals surface area contributed by atoms with Crippen molar-refractivity contribution < 1.29 is 11.0 Å². The van der Waals surface area contributed by atoms with Crippen LogP contribution in [0.2, 0.25) is 0 Å². The van der Waals surface area contributed by atoms with E-state index in [1.54, 1.807) is 0 Å². The Morgan fingerprint density at radius 1 is 1.27 bits per heavy atom. The first-order chi connectivity index (χ1) is 15.0. The average Bonchev–Trinajstić information content (AvgIpc) is 3.15. The van der Waals surface area contributed by atoms with E-state index in [-0.39, 0.29) is 23.8 Å². The van der Waals surface area contributed by atoms with Gasteiger partial charge in [-0.05, 0) is 56.5 Å². The lowest BCUT2D eigenvalue weighted by Gasteiger charge is -2.40. The van der Waals surface area contributed by atoms with E-state index in [1.165, 1.54) is 11.1 Å². The number of fused-ring (bicyclic) bond motifs is 2. The highest BCUT2D eigenvalue weighted by molar-refractivity contribution is 6.03. The first-order valence-corrected chi connectivity index (χ1v) is 11.2. The molecule has 1 aliphatic heterocycles. The van der Waals surface area contributed by atoms with Crippen molar-refractivity contribution in [2.24, 2.45) is 5.92 Å². The molecule has 0 bridgehead atoms. The zero-order chi connectivity index (χ0) is 22.1. The molecule has 0 fully saturated rings. The summed E-state index contributed by atoms with van der Waals surface area (Å²) in [7, 11) is 2.11. The Balaban J connectivity index is 1.74.